The van der Waals surface area contributed by atoms with Crippen molar-refractivity contribution in [3.63, 3.8) is 0 Å². The Balaban J connectivity index is 3.74. The minimum atomic E-state index is -3.84. The summed E-state index contributed by atoms with van der Waals surface area (Å²) in [5.41, 5.74) is 4.80. The first-order valence-electron chi connectivity index (χ1n) is 8.15. The minimum absolute atomic E-state index is 0.141. The SMILES string of the molecule is CC1=C(C)C(C)[C]([Ti]([CH3])([CH3])([CH3])([CH3])([SiH3])[NH]C(C)(C)C)=C1C. The van der Waals surface area contributed by atoms with Crippen molar-refractivity contribution in [2.75, 3.05) is 0 Å². The quantitative estimate of drug-likeness (QED) is 0.717. The molecule has 0 saturated carbocycles. The van der Waals surface area contributed by atoms with Crippen LogP contribution in [0.3, 0.4) is 0 Å². The Morgan fingerprint density at radius 1 is 0.950 bits per heavy atom. The topological polar surface area (TPSA) is 12.0 Å². The summed E-state index contributed by atoms with van der Waals surface area (Å²) < 4.78 is 5.97. The summed E-state index contributed by atoms with van der Waals surface area (Å²) in [4.78, 5) is 0. The summed E-state index contributed by atoms with van der Waals surface area (Å²) in [6.07, 6.45) is 0. The summed E-state index contributed by atoms with van der Waals surface area (Å²) in [7, 11) is 1.19. The van der Waals surface area contributed by atoms with Gasteiger partial charge in [-0.15, -0.1) is 0 Å². The Bertz CT molecular complexity index is 542. The third kappa shape index (κ3) is 3.24. The summed E-state index contributed by atoms with van der Waals surface area (Å²) >= 11 is -3.84. The van der Waals surface area contributed by atoms with E-state index in [0.717, 1.165) is 0 Å². The molecule has 0 aromatic carbocycles. The van der Waals surface area contributed by atoms with Crippen LogP contribution in [0.1, 0.15) is 48.5 Å². The normalized spacial score (nSPS) is 27.4. The molecule has 1 nitrogen and oxygen atoms in total. The molecule has 0 saturated heterocycles. The van der Waals surface area contributed by atoms with Crippen molar-refractivity contribution in [3.8, 4) is 0 Å². The van der Waals surface area contributed by atoms with Crippen LogP contribution in [0.2, 0.25) is 20.9 Å². The average molecular weight is 332 g/mol. The summed E-state index contributed by atoms with van der Waals surface area (Å²) in [5.74, 6) is 0.586. The van der Waals surface area contributed by atoms with Crippen LogP contribution in [0.25, 0.3) is 0 Å². The van der Waals surface area contributed by atoms with Gasteiger partial charge in [0, 0.05) is 0 Å². The van der Waals surface area contributed by atoms with Gasteiger partial charge in [0.1, 0.15) is 0 Å². The molecule has 0 aliphatic heterocycles. The van der Waals surface area contributed by atoms with Crippen molar-refractivity contribution in [1.82, 2.24) is 3.80 Å². The van der Waals surface area contributed by atoms with E-state index in [1.807, 2.05) is 0 Å². The van der Waals surface area contributed by atoms with Crippen LogP contribution in [0.15, 0.2) is 20.6 Å². The number of allylic oxidation sites excluding steroid dienone is 4. The second kappa shape index (κ2) is 3.48. The molecule has 0 aromatic heterocycles. The molecule has 1 aliphatic rings. The van der Waals surface area contributed by atoms with E-state index >= 15 is 0 Å². The van der Waals surface area contributed by atoms with Crippen LogP contribution in [0, 0.1) is 5.92 Å². The fraction of sp³-hybridized carbons (Fsp3) is 0.765. The monoisotopic (exact) mass is 332 g/mol. The average Bonchev–Trinajstić information content (AvgIpc) is 2.23. The Kier molecular flexibility index (Phi) is 3.20. The summed E-state index contributed by atoms with van der Waals surface area (Å²) in [6.45, 7) is 16.3. The molecular formula is C17H38NSiTi. The van der Waals surface area contributed by atoms with Crippen molar-refractivity contribution in [2.45, 2.75) is 74.9 Å². The van der Waals surface area contributed by atoms with Gasteiger partial charge >= 0.3 is 126 Å². The van der Waals surface area contributed by atoms with E-state index in [2.05, 4.69) is 73.2 Å². The van der Waals surface area contributed by atoms with Crippen molar-refractivity contribution in [1.29, 1.82) is 0 Å². The molecule has 20 heavy (non-hydrogen) atoms. The predicted molar refractivity (Wildman–Crippen MR) is 96.5 cm³/mol. The fourth-order valence-corrected chi connectivity index (χ4v) is 26.4. The zero-order valence-corrected chi connectivity index (χ0v) is 19.6. The van der Waals surface area contributed by atoms with Crippen LogP contribution < -0.4 is 3.80 Å². The van der Waals surface area contributed by atoms with Crippen LogP contribution in [-0.2, 0) is 12.3 Å². The van der Waals surface area contributed by atoms with Gasteiger partial charge < -0.3 is 0 Å². The molecule has 1 N–H and O–H groups in total. The molecule has 0 aromatic rings. The van der Waals surface area contributed by atoms with Crippen LogP contribution in [0.5, 0.6) is 0 Å². The van der Waals surface area contributed by atoms with Gasteiger partial charge in [-0.05, 0) is 0 Å². The standard InChI is InChI=1S/C9H13.C4H10N.4CH3.H3Si.Ti/c1-6-5-7(2)9(4)8(6)3;1-4(2,3)5;;;;;;/h6H,1-4H3;5H,1-3H3;5*1H3;/q;-1;;;;;;+1. The van der Waals surface area contributed by atoms with Crippen LogP contribution >= 0.6 is 0 Å². The Morgan fingerprint density at radius 2 is 1.35 bits per heavy atom. The van der Waals surface area contributed by atoms with Gasteiger partial charge in [0.05, 0.1) is 0 Å². The second-order valence-electron chi connectivity index (χ2n) is 13.1. The predicted octanol–water partition coefficient (Wildman–Crippen LogP) is 4.78. The number of hydrogen-bond acceptors (Lipinski definition) is 1. The number of hydrogen-bond donors (Lipinski definition) is 1. The van der Waals surface area contributed by atoms with Gasteiger partial charge in [-0.25, -0.2) is 0 Å². The first-order valence-corrected chi connectivity index (χ1v) is 21.6. The van der Waals surface area contributed by atoms with Gasteiger partial charge in [-0.2, -0.15) is 0 Å². The van der Waals surface area contributed by atoms with Crippen molar-refractivity contribution < 1.29 is 12.3 Å². The summed E-state index contributed by atoms with van der Waals surface area (Å²) in [5, 5.41) is 10.4. The van der Waals surface area contributed by atoms with Gasteiger partial charge in [-0.3, -0.25) is 0 Å². The number of rotatable bonds is 2. The third-order valence-electron chi connectivity index (χ3n) is 5.18. The molecule has 0 spiro atoms. The van der Waals surface area contributed by atoms with Crippen molar-refractivity contribution >= 4 is 8.11 Å². The molecule has 1 rings (SSSR count). The molecule has 0 heterocycles. The van der Waals surface area contributed by atoms with E-state index in [1.54, 1.807) is 15.0 Å². The van der Waals surface area contributed by atoms with E-state index in [4.69, 9.17) is 0 Å². The van der Waals surface area contributed by atoms with Crippen LogP contribution in [0.4, 0.5) is 0 Å². The zero-order chi connectivity index (χ0) is 16.5. The Morgan fingerprint density at radius 3 is 1.60 bits per heavy atom. The van der Waals surface area contributed by atoms with E-state index in [1.165, 1.54) is 13.7 Å². The molecule has 0 fully saturated rings. The first kappa shape index (κ1) is 18.4. The van der Waals surface area contributed by atoms with E-state index in [9.17, 15) is 0 Å². The van der Waals surface area contributed by atoms with Gasteiger partial charge in [0.15, 0.2) is 0 Å². The molecule has 1 aliphatic carbocycles. The fourth-order valence-electron chi connectivity index (χ4n) is 5.72. The van der Waals surface area contributed by atoms with E-state index in [-0.39, 0.29) is 5.54 Å². The van der Waals surface area contributed by atoms with E-state index in [0.29, 0.717) is 5.92 Å². The molecule has 1 unspecified atom stereocenters. The third-order valence-corrected chi connectivity index (χ3v) is 17.6. The zero-order valence-electron chi connectivity index (χ0n) is 16.1. The molecule has 0 amide bonds. The second-order valence-corrected chi connectivity index (χ2v) is 58.7. The molecular weight excluding hydrogens is 294 g/mol. The van der Waals surface area contributed by atoms with Gasteiger partial charge in [0.25, 0.3) is 0 Å². The maximum absolute atomic E-state index is 4.22. The van der Waals surface area contributed by atoms with E-state index < -0.39 is 12.3 Å². The molecule has 0 bridgehead atoms. The molecule has 119 valence electrons. The molecule has 1 atom stereocenters. The first-order chi connectivity index (χ1) is 8.20. The molecule has 0 radical (unpaired) electrons. The maximum atomic E-state index is 4.22. The number of nitrogens with one attached hydrogen (secondary N) is 1. The molecule has 3 heteroatoms. The van der Waals surface area contributed by atoms with Crippen molar-refractivity contribution in [3.05, 3.63) is 20.6 Å². The summed E-state index contributed by atoms with van der Waals surface area (Å²) in [6, 6.07) is 0. The Hall–Kier alpha value is 0.371. The Labute approximate surface area is 125 Å². The van der Waals surface area contributed by atoms with Crippen LogP contribution in [-0.4, -0.2) is 13.6 Å². The van der Waals surface area contributed by atoms with Crippen molar-refractivity contribution in [2.24, 2.45) is 5.92 Å². The van der Waals surface area contributed by atoms with Gasteiger partial charge in [-0.1, -0.05) is 0 Å². The van der Waals surface area contributed by atoms with Gasteiger partial charge in [0.2, 0.25) is 0 Å².